The third-order valence-electron chi connectivity index (χ3n) is 4.85. The molecule has 1 aliphatic rings. The van der Waals surface area contributed by atoms with Crippen molar-refractivity contribution < 1.29 is 4.79 Å². The van der Waals surface area contributed by atoms with E-state index in [0.29, 0.717) is 0 Å². The maximum Gasteiger partial charge on any atom is 0.251 e. The quantitative estimate of drug-likeness (QED) is 0.807. The summed E-state index contributed by atoms with van der Waals surface area (Å²) >= 11 is 1.64. The van der Waals surface area contributed by atoms with Crippen LogP contribution < -0.4 is 4.80 Å². The summed E-state index contributed by atoms with van der Waals surface area (Å²) in [6.07, 6.45) is 9.20. The number of hydrogen-bond donors (Lipinski definition) is 0. The molecule has 0 bridgehead atoms. The van der Waals surface area contributed by atoms with Gasteiger partial charge in [-0.15, -0.1) is 0 Å². The molecule has 1 amide bonds. The van der Waals surface area contributed by atoms with E-state index in [0.717, 1.165) is 24.1 Å². The van der Waals surface area contributed by atoms with Gasteiger partial charge in [0.15, 0.2) is 4.80 Å². The predicted molar refractivity (Wildman–Crippen MR) is 96.6 cm³/mol. The van der Waals surface area contributed by atoms with Gasteiger partial charge in [-0.3, -0.25) is 4.79 Å². The average molecular weight is 330 g/mol. The highest BCUT2D eigenvalue weighted by Gasteiger charge is 2.20. The smallest absolute Gasteiger partial charge is 0.251 e. The molecule has 1 heterocycles. The molecule has 1 aromatic heterocycles. The highest BCUT2D eigenvalue weighted by molar-refractivity contribution is 7.16. The molecule has 1 fully saturated rings. The molecule has 0 spiro atoms. The number of benzene rings is 1. The summed E-state index contributed by atoms with van der Waals surface area (Å²) in [5, 5.41) is 0. The van der Waals surface area contributed by atoms with E-state index < -0.39 is 0 Å². The second kappa shape index (κ2) is 7.43. The molecular weight excluding hydrogens is 304 g/mol. The van der Waals surface area contributed by atoms with Crippen LogP contribution in [0, 0.1) is 5.92 Å². The zero-order valence-electron chi connectivity index (χ0n) is 14.2. The molecule has 3 nitrogen and oxygen atoms in total. The number of hydrogen-bond acceptors (Lipinski definition) is 2. The van der Waals surface area contributed by atoms with E-state index in [1.54, 1.807) is 11.3 Å². The van der Waals surface area contributed by atoms with Gasteiger partial charge >= 0.3 is 0 Å². The van der Waals surface area contributed by atoms with Gasteiger partial charge in [0.1, 0.15) is 0 Å². The molecule has 0 N–H and O–H groups in total. The van der Waals surface area contributed by atoms with E-state index in [4.69, 9.17) is 0 Å². The summed E-state index contributed by atoms with van der Waals surface area (Å²) in [4.78, 5) is 17.7. The first-order chi connectivity index (χ1) is 11.2. The Labute approximate surface area is 142 Å². The fourth-order valence-corrected chi connectivity index (χ4v) is 4.44. The van der Waals surface area contributed by atoms with Gasteiger partial charge in [-0.05, 0) is 43.4 Å². The Bertz CT molecular complexity index is 750. The fourth-order valence-electron chi connectivity index (χ4n) is 3.36. The Morgan fingerprint density at radius 3 is 2.83 bits per heavy atom. The molecule has 3 rings (SSSR count). The van der Waals surface area contributed by atoms with Crippen LogP contribution >= 0.6 is 11.3 Å². The third-order valence-corrected chi connectivity index (χ3v) is 5.95. The number of nitrogens with zero attached hydrogens (tertiary/aromatic N) is 2. The van der Waals surface area contributed by atoms with Crippen LogP contribution in [0.25, 0.3) is 10.2 Å². The summed E-state index contributed by atoms with van der Waals surface area (Å²) < 4.78 is 3.29. The van der Waals surface area contributed by atoms with Gasteiger partial charge in [0.25, 0.3) is 5.91 Å². The topological polar surface area (TPSA) is 34.4 Å². The Morgan fingerprint density at radius 1 is 1.30 bits per heavy atom. The Balaban J connectivity index is 1.89. The van der Waals surface area contributed by atoms with Gasteiger partial charge in [0.05, 0.1) is 10.2 Å². The van der Waals surface area contributed by atoms with Gasteiger partial charge in [0.2, 0.25) is 0 Å². The van der Waals surface area contributed by atoms with Crippen molar-refractivity contribution in [3.05, 3.63) is 28.6 Å². The lowest BCUT2D eigenvalue weighted by atomic mass is 9.89. The summed E-state index contributed by atoms with van der Waals surface area (Å²) in [6.45, 7) is 2.22. The SMILES string of the molecule is CCCCc1ccc2c(c1)sc(=NC(=O)C1CCCCC1)n2C. The third kappa shape index (κ3) is 3.74. The van der Waals surface area contributed by atoms with E-state index in [1.807, 2.05) is 7.05 Å². The van der Waals surface area contributed by atoms with E-state index >= 15 is 0 Å². The van der Waals surface area contributed by atoms with Crippen molar-refractivity contribution in [1.82, 2.24) is 4.57 Å². The van der Waals surface area contributed by atoms with Crippen molar-refractivity contribution in [3.8, 4) is 0 Å². The van der Waals surface area contributed by atoms with Gasteiger partial charge < -0.3 is 4.57 Å². The van der Waals surface area contributed by atoms with Gasteiger partial charge in [-0.25, -0.2) is 0 Å². The summed E-state index contributed by atoms with van der Waals surface area (Å²) in [6, 6.07) is 6.64. The molecule has 0 saturated heterocycles. The van der Waals surface area contributed by atoms with Crippen molar-refractivity contribution >= 4 is 27.5 Å². The van der Waals surface area contributed by atoms with Crippen molar-refractivity contribution in [2.75, 3.05) is 0 Å². The maximum atomic E-state index is 12.4. The lowest BCUT2D eigenvalue weighted by Crippen LogP contribution is -2.20. The first-order valence-corrected chi connectivity index (χ1v) is 9.67. The van der Waals surface area contributed by atoms with Crippen LogP contribution in [-0.4, -0.2) is 10.5 Å². The van der Waals surface area contributed by atoms with Crippen molar-refractivity contribution in [1.29, 1.82) is 0 Å². The largest absolute Gasteiger partial charge is 0.319 e. The Morgan fingerprint density at radius 2 is 2.09 bits per heavy atom. The molecule has 0 radical (unpaired) electrons. The minimum absolute atomic E-state index is 0.0815. The van der Waals surface area contributed by atoms with E-state index in [1.165, 1.54) is 47.9 Å². The van der Waals surface area contributed by atoms with Crippen molar-refractivity contribution in [2.24, 2.45) is 18.0 Å². The number of amides is 1. The summed E-state index contributed by atoms with van der Waals surface area (Å²) in [5.74, 6) is 0.229. The fraction of sp³-hybridized carbons (Fsp3) is 0.579. The lowest BCUT2D eigenvalue weighted by Gasteiger charge is -2.17. The van der Waals surface area contributed by atoms with Crippen LogP contribution in [0.2, 0.25) is 0 Å². The molecule has 124 valence electrons. The minimum Gasteiger partial charge on any atom is -0.319 e. The number of aromatic nitrogens is 1. The molecule has 4 heteroatoms. The molecule has 1 aromatic carbocycles. The van der Waals surface area contributed by atoms with E-state index in [2.05, 4.69) is 34.7 Å². The van der Waals surface area contributed by atoms with Gasteiger partial charge in [-0.1, -0.05) is 50.0 Å². The molecule has 2 aromatic rings. The first kappa shape index (κ1) is 16.4. The number of rotatable bonds is 4. The molecule has 0 aliphatic heterocycles. The molecule has 0 atom stereocenters. The van der Waals surface area contributed by atoms with Crippen LogP contribution in [0.5, 0.6) is 0 Å². The standard InChI is InChI=1S/C19H26N2OS/c1-3-4-8-14-11-12-16-17(13-14)23-19(21(16)2)20-18(22)15-9-6-5-7-10-15/h11-13,15H,3-10H2,1-2H3. The molecule has 0 unspecified atom stereocenters. The number of aryl methyl sites for hydroxylation is 2. The molecular formula is C19H26N2OS. The lowest BCUT2D eigenvalue weighted by molar-refractivity contribution is -0.122. The number of thiazole rings is 1. The molecule has 23 heavy (non-hydrogen) atoms. The molecule has 1 aliphatic carbocycles. The van der Waals surface area contributed by atoms with Crippen LogP contribution in [0.1, 0.15) is 57.4 Å². The van der Waals surface area contributed by atoms with Crippen LogP contribution in [-0.2, 0) is 18.3 Å². The zero-order valence-corrected chi connectivity index (χ0v) is 15.0. The van der Waals surface area contributed by atoms with Crippen molar-refractivity contribution in [3.63, 3.8) is 0 Å². The maximum absolute atomic E-state index is 12.4. The predicted octanol–water partition coefficient (Wildman–Crippen LogP) is 4.59. The average Bonchev–Trinajstić information content (AvgIpc) is 2.89. The Hall–Kier alpha value is -1.42. The van der Waals surface area contributed by atoms with Gasteiger partial charge in [-0.2, -0.15) is 4.99 Å². The number of fused-ring (bicyclic) bond motifs is 1. The van der Waals surface area contributed by atoms with Crippen LogP contribution in [0.3, 0.4) is 0 Å². The van der Waals surface area contributed by atoms with E-state index in [-0.39, 0.29) is 11.8 Å². The highest BCUT2D eigenvalue weighted by atomic mass is 32.1. The second-order valence-electron chi connectivity index (χ2n) is 6.63. The number of unbranched alkanes of at least 4 members (excludes halogenated alkanes) is 1. The minimum atomic E-state index is 0.0815. The number of carbonyl (C=O) groups is 1. The monoisotopic (exact) mass is 330 g/mol. The van der Waals surface area contributed by atoms with E-state index in [9.17, 15) is 4.79 Å². The number of carbonyl (C=O) groups excluding carboxylic acids is 1. The normalized spacial score (nSPS) is 17.0. The first-order valence-electron chi connectivity index (χ1n) is 8.86. The second-order valence-corrected chi connectivity index (χ2v) is 7.64. The molecule has 1 saturated carbocycles. The van der Waals surface area contributed by atoms with Gasteiger partial charge in [0, 0.05) is 13.0 Å². The van der Waals surface area contributed by atoms with Crippen LogP contribution in [0.15, 0.2) is 23.2 Å². The Kier molecular flexibility index (Phi) is 5.31. The zero-order chi connectivity index (χ0) is 16.2. The highest BCUT2D eigenvalue weighted by Crippen LogP contribution is 2.25. The summed E-state index contributed by atoms with van der Waals surface area (Å²) in [5.41, 5.74) is 2.55. The summed E-state index contributed by atoms with van der Waals surface area (Å²) in [7, 11) is 2.01. The van der Waals surface area contributed by atoms with Crippen molar-refractivity contribution in [2.45, 2.75) is 58.3 Å². The van der Waals surface area contributed by atoms with Crippen LogP contribution in [0.4, 0.5) is 0 Å².